The Morgan fingerprint density at radius 2 is 1.72 bits per heavy atom. The predicted octanol–water partition coefficient (Wildman–Crippen LogP) is 4.49. The molecule has 2 aromatic carbocycles. The second kappa shape index (κ2) is 6.83. The molecule has 0 aliphatic carbocycles. The van der Waals surface area contributed by atoms with Gasteiger partial charge in [0, 0.05) is 35.0 Å². The summed E-state index contributed by atoms with van der Waals surface area (Å²) in [5, 5.41) is 0. The molecule has 1 saturated heterocycles. The van der Waals surface area contributed by atoms with Crippen LogP contribution in [0.2, 0.25) is 0 Å². The maximum Gasteiger partial charge on any atom is 0.184 e. The molecule has 0 amide bonds. The number of carbonyl (C=O) groups excluding carboxylic acids is 1. The summed E-state index contributed by atoms with van der Waals surface area (Å²) < 4.78 is 0. The molecule has 2 heterocycles. The van der Waals surface area contributed by atoms with Gasteiger partial charge in [-0.05, 0) is 31.9 Å². The average molecular weight is 332 g/mol. The largest absolute Gasteiger partial charge is 0.369 e. The van der Waals surface area contributed by atoms with Gasteiger partial charge in [-0.1, -0.05) is 49.2 Å². The van der Waals surface area contributed by atoms with Crippen molar-refractivity contribution in [3.8, 4) is 0 Å². The average Bonchev–Trinajstić information content (AvgIpc) is 2.87. The molecule has 1 unspecified atom stereocenters. The minimum Gasteiger partial charge on any atom is -0.369 e. The van der Waals surface area contributed by atoms with Crippen LogP contribution in [-0.2, 0) is 0 Å². The highest BCUT2D eigenvalue weighted by Gasteiger charge is 2.22. The van der Waals surface area contributed by atoms with E-state index in [1.165, 1.54) is 31.4 Å². The molecule has 2 aliphatic rings. The number of aliphatic imine (C=N–C) groups is 1. The highest BCUT2D eigenvalue weighted by molar-refractivity contribution is 6.21. The van der Waals surface area contributed by atoms with Gasteiger partial charge in [-0.2, -0.15) is 0 Å². The van der Waals surface area contributed by atoms with Crippen molar-refractivity contribution in [3.05, 3.63) is 65.2 Å². The van der Waals surface area contributed by atoms with Gasteiger partial charge in [0.2, 0.25) is 0 Å². The summed E-state index contributed by atoms with van der Waals surface area (Å²) in [5.41, 5.74) is 5.06. The summed E-state index contributed by atoms with van der Waals surface area (Å²) in [7, 11) is 0. The highest BCUT2D eigenvalue weighted by atomic mass is 16.1. The molecule has 25 heavy (non-hydrogen) atoms. The fourth-order valence-electron chi connectivity index (χ4n) is 3.97. The molecule has 0 spiro atoms. The summed E-state index contributed by atoms with van der Waals surface area (Å²) in [6, 6.07) is 17.1. The van der Waals surface area contributed by atoms with Gasteiger partial charge >= 0.3 is 0 Å². The van der Waals surface area contributed by atoms with Crippen molar-refractivity contribution in [2.24, 2.45) is 4.99 Å². The number of benzene rings is 2. The smallest absolute Gasteiger partial charge is 0.184 e. The number of hydrogen-bond acceptors (Lipinski definition) is 3. The molecule has 2 aliphatic heterocycles. The number of ketones is 1. The van der Waals surface area contributed by atoms with Crippen molar-refractivity contribution in [1.29, 1.82) is 0 Å². The standard InChI is InChI=1S/C22H24N2O/c1-16-7-3-2-6-14-24(16)18-12-10-17(11-13-18)22-20-9-5-4-8-19(20)21(25)15-23-22/h4-5,8-13,16H,2-3,6-7,14-15H2,1H3. The van der Waals surface area contributed by atoms with E-state index in [1.54, 1.807) is 0 Å². The van der Waals surface area contributed by atoms with Crippen LogP contribution >= 0.6 is 0 Å². The van der Waals surface area contributed by atoms with Crippen molar-refractivity contribution in [3.63, 3.8) is 0 Å². The van der Waals surface area contributed by atoms with Crippen LogP contribution in [0.3, 0.4) is 0 Å². The number of rotatable bonds is 2. The molecule has 3 heteroatoms. The lowest BCUT2D eigenvalue weighted by Gasteiger charge is -2.29. The third-order valence-electron chi connectivity index (χ3n) is 5.39. The Morgan fingerprint density at radius 3 is 2.52 bits per heavy atom. The zero-order valence-electron chi connectivity index (χ0n) is 14.7. The van der Waals surface area contributed by atoms with Gasteiger partial charge in [0.05, 0.1) is 5.71 Å². The molecule has 4 rings (SSSR count). The Morgan fingerprint density at radius 1 is 0.960 bits per heavy atom. The molecule has 0 saturated carbocycles. The zero-order chi connectivity index (χ0) is 17.2. The van der Waals surface area contributed by atoms with Gasteiger partial charge in [0.25, 0.3) is 0 Å². The lowest BCUT2D eigenvalue weighted by molar-refractivity contribution is 0.1000. The second-order valence-corrected chi connectivity index (χ2v) is 7.07. The molecular weight excluding hydrogens is 308 g/mol. The van der Waals surface area contributed by atoms with Crippen LogP contribution in [0.1, 0.15) is 54.1 Å². The first kappa shape index (κ1) is 16.1. The quantitative estimate of drug-likeness (QED) is 0.812. The Kier molecular flexibility index (Phi) is 4.39. The van der Waals surface area contributed by atoms with Crippen molar-refractivity contribution >= 4 is 17.2 Å². The van der Waals surface area contributed by atoms with Crippen LogP contribution in [0.25, 0.3) is 0 Å². The molecule has 0 N–H and O–H groups in total. The van der Waals surface area contributed by atoms with Gasteiger partial charge in [-0.15, -0.1) is 0 Å². The van der Waals surface area contributed by atoms with E-state index in [9.17, 15) is 4.79 Å². The van der Waals surface area contributed by atoms with Gasteiger partial charge < -0.3 is 4.90 Å². The van der Waals surface area contributed by atoms with Crippen LogP contribution in [-0.4, -0.2) is 30.6 Å². The van der Waals surface area contributed by atoms with E-state index < -0.39 is 0 Å². The SMILES string of the molecule is CC1CCCCCN1c1ccc(C2=NCC(=O)c3ccccc32)cc1. The molecular formula is C22H24N2O. The third kappa shape index (κ3) is 3.11. The summed E-state index contributed by atoms with van der Waals surface area (Å²) in [5.74, 6) is 0.106. The van der Waals surface area contributed by atoms with E-state index >= 15 is 0 Å². The first-order chi connectivity index (χ1) is 12.2. The van der Waals surface area contributed by atoms with E-state index in [1.807, 2.05) is 24.3 Å². The highest BCUT2D eigenvalue weighted by Crippen LogP contribution is 2.26. The minimum atomic E-state index is 0.106. The number of hydrogen-bond donors (Lipinski definition) is 0. The van der Waals surface area contributed by atoms with Crippen LogP contribution in [0.5, 0.6) is 0 Å². The maximum atomic E-state index is 12.1. The number of anilines is 1. The van der Waals surface area contributed by atoms with Crippen LogP contribution in [0.4, 0.5) is 5.69 Å². The summed E-state index contributed by atoms with van der Waals surface area (Å²) in [4.78, 5) is 19.2. The topological polar surface area (TPSA) is 32.7 Å². The zero-order valence-corrected chi connectivity index (χ0v) is 14.7. The second-order valence-electron chi connectivity index (χ2n) is 7.07. The molecule has 1 fully saturated rings. The number of nitrogens with zero attached hydrogens (tertiary/aromatic N) is 2. The van der Waals surface area contributed by atoms with Gasteiger partial charge in [-0.3, -0.25) is 9.79 Å². The first-order valence-corrected chi connectivity index (χ1v) is 9.28. The Bertz CT molecular complexity index is 807. The van der Waals surface area contributed by atoms with E-state index in [4.69, 9.17) is 0 Å². The summed E-state index contributed by atoms with van der Waals surface area (Å²) in [6.07, 6.45) is 5.20. The summed E-state index contributed by atoms with van der Waals surface area (Å²) >= 11 is 0. The molecule has 2 aromatic rings. The van der Waals surface area contributed by atoms with E-state index in [-0.39, 0.29) is 12.3 Å². The van der Waals surface area contributed by atoms with Crippen molar-refractivity contribution < 1.29 is 4.79 Å². The van der Waals surface area contributed by atoms with Crippen molar-refractivity contribution in [2.45, 2.75) is 38.6 Å². The Labute approximate surface area is 149 Å². The molecule has 128 valence electrons. The molecule has 3 nitrogen and oxygen atoms in total. The third-order valence-corrected chi connectivity index (χ3v) is 5.39. The molecule has 1 atom stereocenters. The molecule has 0 aromatic heterocycles. The summed E-state index contributed by atoms with van der Waals surface area (Å²) in [6.45, 7) is 3.71. The van der Waals surface area contributed by atoms with Crippen molar-refractivity contribution in [1.82, 2.24) is 0 Å². The van der Waals surface area contributed by atoms with E-state index in [0.717, 1.165) is 28.9 Å². The van der Waals surface area contributed by atoms with Gasteiger partial charge in [0.1, 0.15) is 6.54 Å². The Balaban J connectivity index is 1.64. The normalized spacial score (nSPS) is 20.7. The lowest BCUT2D eigenvalue weighted by Crippen LogP contribution is -2.32. The van der Waals surface area contributed by atoms with Gasteiger partial charge in [-0.25, -0.2) is 0 Å². The fourth-order valence-corrected chi connectivity index (χ4v) is 3.97. The predicted molar refractivity (Wildman–Crippen MR) is 103 cm³/mol. The number of Topliss-reactive ketones (excluding diaryl/α,β-unsaturated/α-hetero) is 1. The Hall–Kier alpha value is -2.42. The maximum absolute atomic E-state index is 12.1. The van der Waals surface area contributed by atoms with Crippen molar-refractivity contribution in [2.75, 3.05) is 18.0 Å². The van der Waals surface area contributed by atoms with E-state index in [0.29, 0.717) is 6.04 Å². The van der Waals surface area contributed by atoms with Crippen LogP contribution in [0, 0.1) is 0 Å². The van der Waals surface area contributed by atoms with E-state index in [2.05, 4.69) is 41.1 Å². The monoisotopic (exact) mass is 332 g/mol. The first-order valence-electron chi connectivity index (χ1n) is 9.28. The molecule has 0 bridgehead atoms. The lowest BCUT2D eigenvalue weighted by atomic mass is 9.92. The minimum absolute atomic E-state index is 0.106. The van der Waals surface area contributed by atoms with Crippen LogP contribution in [0.15, 0.2) is 53.5 Å². The molecule has 0 radical (unpaired) electrons. The van der Waals surface area contributed by atoms with Gasteiger partial charge in [0.15, 0.2) is 5.78 Å². The number of carbonyl (C=O) groups is 1. The van der Waals surface area contributed by atoms with Crippen LogP contribution < -0.4 is 4.90 Å². The number of fused-ring (bicyclic) bond motifs is 1. The fraction of sp³-hybridized carbons (Fsp3) is 0.364.